The molecule has 1 atom stereocenters. The van der Waals surface area contributed by atoms with Crippen LogP contribution in [0.15, 0.2) is 0 Å². The van der Waals surface area contributed by atoms with E-state index in [4.69, 9.17) is 0 Å². The van der Waals surface area contributed by atoms with E-state index in [1.54, 1.807) is 18.9 Å². The van der Waals surface area contributed by atoms with Crippen LogP contribution in [0.25, 0.3) is 0 Å². The fourth-order valence-corrected chi connectivity index (χ4v) is 1.39. The highest BCUT2D eigenvalue weighted by Crippen LogP contribution is 2.01. The van der Waals surface area contributed by atoms with E-state index in [2.05, 4.69) is 0 Å². The normalized spacial score (nSPS) is 15.7. The summed E-state index contributed by atoms with van der Waals surface area (Å²) in [7, 11) is -1.09. The second kappa shape index (κ2) is 3.34. The van der Waals surface area contributed by atoms with Gasteiger partial charge in [-0.15, -0.1) is 0 Å². The lowest BCUT2D eigenvalue weighted by Crippen LogP contribution is -2.34. The monoisotopic (exact) mass is 165 g/mol. The van der Waals surface area contributed by atoms with Crippen molar-refractivity contribution in [3.63, 3.8) is 0 Å². The van der Waals surface area contributed by atoms with Crippen molar-refractivity contribution in [2.45, 2.75) is 19.2 Å². The summed E-state index contributed by atoms with van der Waals surface area (Å²) in [6.07, 6.45) is 1.25. The minimum atomic E-state index is -2.89. The van der Waals surface area contributed by atoms with Crippen molar-refractivity contribution >= 4 is 9.84 Å². The van der Waals surface area contributed by atoms with Crippen LogP contribution in [0.3, 0.4) is 0 Å². The lowest BCUT2D eigenvalue weighted by Gasteiger charge is -2.20. The highest BCUT2D eigenvalue weighted by Gasteiger charge is 2.17. The van der Waals surface area contributed by atoms with Gasteiger partial charge in [0.1, 0.15) is 5.37 Å². The van der Waals surface area contributed by atoms with Crippen molar-refractivity contribution in [1.82, 2.24) is 4.90 Å². The molecule has 0 aromatic heterocycles. The molecule has 0 bridgehead atoms. The zero-order valence-electron chi connectivity index (χ0n) is 6.96. The van der Waals surface area contributed by atoms with Crippen LogP contribution in [0, 0.1) is 0 Å². The van der Waals surface area contributed by atoms with Gasteiger partial charge in [-0.2, -0.15) is 0 Å². The maximum atomic E-state index is 10.9. The van der Waals surface area contributed by atoms with Crippen LogP contribution in [0.5, 0.6) is 0 Å². The van der Waals surface area contributed by atoms with Crippen molar-refractivity contribution in [1.29, 1.82) is 0 Å². The first kappa shape index (κ1) is 9.91. The Hall–Kier alpha value is -0.0900. The molecule has 0 rings (SSSR count). The first-order chi connectivity index (χ1) is 4.39. The second-order valence-corrected chi connectivity index (χ2v) is 4.84. The molecule has 10 heavy (non-hydrogen) atoms. The molecule has 4 heteroatoms. The van der Waals surface area contributed by atoms with E-state index in [0.717, 1.165) is 6.54 Å². The van der Waals surface area contributed by atoms with Gasteiger partial charge in [0, 0.05) is 6.26 Å². The Labute approximate surface area is 62.9 Å². The summed E-state index contributed by atoms with van der Waals surface area (Å²) in [5, 5.41) is -0.363. The van der Waals surface area contributed by atoms with E-state index in [-0.39, 0.29) is 5.37 Å². The van der Waals surface area contributed by atoms with Gasteiger partial charge in [0.15, 0.2) is 9.84 Å². The average molecular weight is 165 g/mol. The van der Waals surface area contributed by atoms with E-state index in [9.17, 15) is 8.42 Å². The topological polar surface area (TPSA) is 37.4 Å². The maximum absolute atomic E-state index is 10.9. The van der Waals surface area contributed by atoms with Crippen LogP contribution >= 0.6 is 0 Å². The molecule has 0 spiro atoms. The summed E-state index contributed by atoms with van der Waals surface area (Å²) < 4.78 is 21.8. The molecule has 0 fully saturated rings. The molecular formula is C6H15NO2S. The van der Waals surface area contributed by atoms with Crippen molar-refractivity contribution in [3.8, 4) is 0 Å². The zero-order chi connectivity index (χ0) is 8.36. The third kappa shape index (κ3) is 2.66. The fraction of sp³-hybridized carbons (Fsp3) is 1.00. The van der Waals surface area contributed by atoms with E-state index in [1.807, 2.05) is 6.92 Å². The third-order valence-corrected chi connectivity index (χ3v) is 3.34. The molecule has 1 unspecified atom stereocenters. The van der Waals surface area contributed by atoms with Crippen LogP contribution in [-0.4, -0.2) is 38.5 Å². The predicted octanol–water partition coefficient (Wildman–Crippen LogP) is 0.329. The van der Waals surface area contributed by atoms with Crippen molar-refractivity contribution in [2.75, 3.05) is 19.8 Å². The smallest absolute Gasteiger partial charge is 0.163 e. The van der Waals surface area contributed by atoms with Crippen LogP contribution < -0.4 is 0 Å². The Morgan fingerprint density at radius 2 is 1.90 bits per heavy atom. The summed E-state index contributed by atoms with van der Waals surface area (Å²) >= 11 is 0. The minimum Gasteiger partial charge on any atom is -0.291 e. The van der Waals surface area contributed by atoms with Gasteiger partial charge in [0.25, 0.3) is 0 Å². The highest BCUT2D eigenvalue weighted by molar-refractivity contribution is 7.91. The molecule has 0 heterocycles. The molecule has 0 aliphatic rings. The van der Waals surface area contributed by atoms with Gasteiger partial charge in [-0.05, 0) is 20.5 Å². The van der Waals surface area contributed by atoms with Crippen LogP contribution in [0.4, 0.5) is 0 Å². The number of rotatable bonds is 3. The standard InChI is InChI=1S/C6H15NO2S/c1-5-7(3)6(2)10(4,8)9/h6H,5H2,1-4H3. The zero-order valence-corrected chi connectivity index (χ0v) is 7.77. The Balaban J connectivity index is 4.23. The third-order valence-electron chi connectivity index (χ3n) is 1.74. The molecule has 0 amide bonds. The summed E-state index contributed by atoms with van der Waals surface area (Å²) in [6.45, 7) is 4.38. The Bertz CT molecular complexity index is 186. The Morgan fingerprint density at radius 1 is 1.50 bits per heavy atom. The molecule has 0 aromatic carbocycles. The minimum absolute atomic E-state index is 0.363. The van der Waals surface area contributed by atoms with E-state index < -0.39 is 9.84 Å². The number of nitrogens with zero attached hydrogens (tertiary/aromatic N) is 1. The molecule has 62 valence electrons. The van der Waals surface area contributed by atoms with Gasteiger partial charge in [0.05, 0.1) is 0 Å². The fourth-order valence-electron chi connectivity index (χ4n) is 0.584. The maximum Gasteiger partial charge on any atom is 0.163 e. The SMILES string of the molecule is CCN(C)C(C)S(C)(=O)=O. The van der Waals surface area contributed by atoms with Crippen molar-refractivity contribution < 1.29 is 8.42 Å². The molecule has 0 aromatic rings. The van der Waals surface area contributed by atoms with E-state index in [0.29, 0.717) is 0 Å². The van der Waals surface area contributed by atoms with Gasteiger partial charge in [0.2, 0.25) is 0 Å². The number of sulfone groups is 1. The second-order valence-electron chi connectivity index (χ2n) is 2.50. The quantitative estimate of drug-likeness (QED) is 0.604. The first-order valence-corrected chi connectivity index (χ1v) is 5.24. The Kier molecular flexibility index (Phi) is 3.31. The van der Waals surface area contributed by atoms with Gasteiger partial charge >= 0.3 is 0 Å². The molecule has 3 nitrogen and oxygen atoms in total. The molecule has 0 N–H and O–H groups in total. The molecule has 0 radical (unpaired) electrons. The lowest BCUT2D eigenvalue weighted by atomic mass is 10.6. The lowest BCUT2D eigenvalue weighted by molar-refractivity contribution is 0.332. The molecule has 0 aliphatic heterocycles. The average Bonchev–Trinajstić information content (AvgIpc) is 1.83. The number of hydrogen-bond donors (Lipinski definition) is 0. The highest BCUT2D eigenvalue weighted by atomic mass is 32.2. The molecular weight excluding hydrogens is 150 g/mol. The van der Waals surface area contributed by atoms with Crippen LogP contribution in [-0.2, 0) is 9.84 Å². The van der Waals surface area contributed by atoms with E-state index in [1.165, 1.54) is 6.26 Å². The van der Waals surface area contributed by atoms with Crippen LogP contribution in [0.2, 0.25) is 0 Å². The summed E-state index contributed by atoms with van der Waals surface area (Å²) in [4.78, 5) is 1.79. The van der Waals surface area contributed by atoms with Gasteiger partial charge < -0.3 is 0 Å². The van der Waals surface area contributed by atoms with E-state index >= 15 is 0 Å². The van der Waals surface area contributed by atoms with Crippen molar-refractivity contribution in [2.24, 2.45) is 0 Å². The number of hydrogen-bond acceptors (Lipinski definition) is 3. The first-order valence-electron chi connectivity index (χ1n) is 3.28. The van der Waals surface area contributed by atoms with Gasteiger partial charge in [-0.3, -0.25) is 4.90 Å². The predicted molar refractivity (Wildman–Crippen MR) is 42.6 cm³/mol. The summed E-state index contributed by atoms with van der Waals surface area (Å²) in [6, 6.07) is 0. The van der Waals surface area contributed by atoms with Gasteiger partial charge in [-0.25, -0.2) is 8.42 Å². The molecule has 0 saturated carbocycles. The Morgan fingerprint density at radius 3 is 2.00 bits per heavy atom. The van der Waals surface area contributed by atoms with Crippen LogP contribution in [0.1, 0.15) is 13.8 Å². The summed E-state index contributed by atoms with van der Waals surface area (Å²) in [5.41, 5.74) is 0. The van der Waals surface area contributed by atoms with Crippen molar-refractivity contribution in [3.05, 3.63) is 0 Å². The van der Waals surface area contributed by atoms with Gasteiger partial charge in [-0.1, -0.05) is 6.92 Å². The summed E-state index contributed by atoms with van der Waals surface area (Å²) in [5.74, 6) is 0. The molecule has 0 aliphatic carbocycles. The molecule has 0 saturated heterocycles. The largest absolute Gasteiger partial charge is 0.291 e.